The molecule has 132 valence electrons. The predicted octanol–water partition coefficient (Wildman–Crippen LogP) is 3.70. The van der Waals surface area contributed by atoms with Crippen LogP contribution in [0.2, 0.25) is 0 Å². The van der Waals surface area contributed by atoms with Crippen molar-refractivity contribution in [3.63, 3.8) is 0 Å². The maximum Gasteiger partial charge on any atom is 0.228 e. The van der Waals surface area contributed by atoms with E-state index in [4.69, 9.17) is 5.26 Å². The highest BCUT2D eigenvalue weighted by Crippen LogP contribution is 2.40. The molecule has 2 aromatic rings. The monoisotopic (exact) mass is 347 g/mol. The van der Waals surface area contributed by atoms with Crippen molar-refractivity contribution in [2.45, 2.75) is 27.2 Å². The number of anilines is 2. The van der Waals surface area contributed by atoms with Crippen LogP contribution in [0.1, 0.15) is 28.7 Å². The fourth-order valence-corrected chi connectivity index (χ4v) is 3.23. The van der Waals surface area contributed by atoms with E-state index >= 15 is 0 Å². The van der Waals surface area contributed by atoms with Gasteiger partial charge in [-0.05, 0) is 62.6 Å². The molecule has 5 heteroatoms. The van der Waals surface area contributed by atoms with Gasteiger partial charge in [-0.2, -0.15) is 5.26 Å². The molecule has 1 fully saturated rings. The molecule has 1 saturated carbocycles. The third-order valence-corrected chi connectivity index (χ3v) is 4.67. The summed E-state index contributed by atoms with van der Waals surface area (Å²) in [5, 5.41) is 14.6. The molecule has 1 aliphatic carbocycles. The van der Waals surface area contributed by atoms with Crippen LogP contribution in [-0.2, 0) is 9.59 Å². The minimum atomic E-state index is -0.309. The van der Waals surface area contributed by atoms with E-state index < -0.39 is 0 Å². The molecule has 0 radical (unpaired) electrons. The average molecular weight is 347 g/mol. The molecule has 5 nitrogen and oxygen atoms in total. The second kappa shape index (κ2) is 7.01. The van der Waals surface area contributed by atoms with Gasteiger partial charge in [-0.15, -0.1) is 0 Å². The van der Waals surface area contributed by atoms with Crippen LogP contribution in [0.5, 0.6) is 0 Å². The fourth-order valence-electron chi connectivity index (χ4n) is 3.23. The molecule has 2 atom stereocenters. The third-order valence-electron chi connectivity index (χ3n) is 4.67. The summed E-state index contributed by atoms with van der Waals surface area (Å²) in [7, 11) is 0. The first-order chi connectivity index (χ1) is 12.4. The number of hydrogen-bond acceptors (Lipinski definition) is 3. The summed E-state index contributed by atoms with van der Waals surface area (Å²) in [4.78, 5) is 24.8. The number of rotatable bonds is 4. The van der Waals surface area contributed by atoms with Crippen molar-refractivity contribution in [1.82, 2.24) is 0 Å². The fraction of sp³-hybridized carbons (Fsp3) is 0.286. The number of nitriles is 1. The molecule has 0 aliphatic heterocycles. The SMILES string of the molecule is Cc1cc(C)c(NC(=O)C2CC2C(=O)Nc2ccc(C#N)cc2)c(C)c1. The lowest BCUT2D eigenvalue weighted by Gasteiger charge is -2.13. The summed E-state index contributed by atoms with van der Waals surface area (Å²) in [5.74, 6) is -0.877. The van der Waals surface area contributed by atoms with Gasteiger partial charge >= 0.3 is 0 Å². The number of hydrogen-bond donors (Lipinski definition) is 2. The van der Waals surface area contributed by atoms with Crippen LogP contribution >= 0.6 is 0 Å². The normalized spacial score (nSPS) is 17.9. The van der Waals surface area contributed by atoms with Gasteiger partial charge < -0.3 is 10.6 Å². The largest absolute Gasteiger partial charge is 0.326 e. The van der Waals surface area contributed by atoms with Gasteiger partial charge in [0.05, 0.1) is 23.5 Å². The molecular formula is C21H21N3O2. The molecule has 2 amide bonds. The van der Waals surface area contributed by atoms with Crippen molar-refractivity contribution in [1.29, 1.82) is 5.26 Å². The molecule has 0 aromatic heterocycles. The first-order valence-electron chi connectivity index (χ1n) is 8.59. The summed E-state index contributed by atoms with van der Waals surface area (Å²) in [6.07, 6.45) is 0.553. The summed E-state index contributed by atoms with van der Waals surface area (Å²) in [6.45, 7) is 5.96. The molecule has 0 saturated heterocycles. The van der Waals surface area contributed by atoms with Gasteiger partial charge in [0.25, 0.3) is 0 Å². The van der Waals surface area contributed by atoms with Crippen molar-refractivity contribution in [2.24, 2.45) is 11.8 Å². The van der Waals surface area contributed by atoms with Gasteiger partial charge in [0, 0.05) is 11.4 Å². The van der Waals surface area contributed by atoms with Crippen LogP contribution in [0.25, 0.3) is 0 Å². The van der Waals surface area contributed by atoms with E-state index in [0.29, 0.717) is 17.7 Å². The Morgan fingerprint density at radius 2 is 1.50 bits per heavy atom. The standard InChI is InChI=1S/C21H21N3O2/c1-12-8-13(2)19(14(3)9-12)24-21(26)18-10-17(18)20(25)23-16-6-4-15(11-22)5-7-16/h4-9,17-18H,10H2,1-3H3,(H,23,25)(H,24,26). The number of carbonyl (C=O) groups excluding carboxylic acids is 2. The summed E-state index contributed by atoms with van der Waals surface area (Å²) in [6, 6.07) is 12.8. The third kappa shape index (κ3) is 3.75. The lowest BCUT2D eigenvalue weighted by Crippen LogP contribution is -2.21. The number of amides is 2. The van der Waals surface area contributed by atoms with Crippen LogP contribution in [0.3, 0.4) is 0 Å². The van der Waals surface area contributed by atoms with Gasteiger partial charge in [0.2, 0.25) is 11.8 Å². The Bertz CT molecular complexity index is 887. The van der Waals surface area contributed by atoms with Crippen molar-refractivity contribution >= 4 is 23.2 Å². The number of benzene rings is 2. The summed E-state index contributed by atoms with van der Waals surface area (Å²) in [5.41, 5.74) is 5.20. The van der Waals surface area contributed by atoms with Crippen LogP contribution in [-0.4, -0.2) is 11.8 Å². The van der Waals surface area contributed by atoms with Gasteiger partial charge in [-0.1, -0.05) is 17.7 Å². The van der Waals surface area contributed by atoms with E-state index in [9.17, 15) is 9.59 Å². The maximum atomic E-state index is 12.5. The van der Waals surface area contributed by atoms with E-state index in [0.717, 1.165) is 22.4 Å². The second-order valence-electron chi connectivity index (χ2n) is 6.89. The number of nitrogens with zero attached hydrogens (tertiary/aromatic N) is 1. The van der Waals surface area contributed by atoms with Crippen molar-refractivity contribution in [3.8, 4) is 6.07 Å². The van der Waals surface area contributed by atoms with E-state index in [1.54, 1.807) is 24.3 Å². The Kier molecular flexibility index (Phi) is 4.77. The number of carbonyl (C=O) groups is 2. The van der Waals surface area contributed by atoms with Crippen LogP contribution in [0.15, 0.2) is 36.4 Å². The lowest BCUT2D eigenvalue weighted by molar-refractivity contribution is -0.122. The Hall–Kier alpha value is -3.13. The molecule has 26 heavy (non-hydrogen) atoms. The Labute approximate surface area is 153 Å². The minimum Gasteiger partial charge on any atom is -0.326 e. The van der Waals surface area contributed by atoms with E-state index in [1.807, 2.05) is 39.0 Å². The quantitative estimate of drug-likeness (QED) is 0.885. The maximum absolute atomic E-state index is 12.5. The minimum absolute atomic E-state index is 0.111. The average Bonchev–Trinajstić information content (AvgIpc) is 3.39. The Morgan fingerprint density at radius 1 is 0.962 bits per heavy atom. The number of aryl methyl sites for hydroxylation is 3. The molecule has 2 unspecified atom stereocenters. The van der Waals surface area contributed by atoms with E-state index in [2.05, 4.69) is 10.6 Å². The van der Waals surface area contributed by atoms with Crippen LogP contribution < -0.4 is 10.6 Å². The molecular weight excluding hydrogens is 326 g/mol. The zero-order chi connectivity index (χ0) is 18.8. The molecule has 0 spiro atoms. The van der Waals surface area contributed by atoms with Crippen molar-refractivity contribution in [2.75, 3.05) is 10.6 Å². The smallest absolute Gasteiger partial charge is 0.228 e. The van der Waals surface area contributed by atoms with E-state index in [-0.39, 0.29) is 23.7 Å². The van der Waals surface area contributed by atoms with Crippen molar-refractivity contribution < 1.29 is 9.59 Å². The molecule has 3 rings (SSSR count). The van der Waals surface area contributed by atoms with Gasteiger partial charge in [0.1, 0.15) is 0 Å². The predicted molar refractivity (Wildman–Crippen MR) is 101 cm³/mol. The molecule has 2 aromatic carbocycles. The van der Waals surface area contributed by atoms with Gasteiger partial charge in [0.15, 0.2) is 0 Å². The van der Waals surface area contributed by atoms with Crippen LogP contribution in [0, 0.1) is 43.9 Å². The molecule has 2 N–H and O–H groups in total. The zero-order valence-electron chi connectivity index (χ0n) is 15.1. The highest BCUT2D eigenvalue weighted by atomic mass is 16.2. The molecule has 0 bridgehead atoms. The highest BCUT2D eigenvalue weighted by molar-refractivity contribution is 6.03. The molecule has 1 aliphatic rings. The first-order valence-corrected chi connectivity index (χ1v) is 8.59. The zero-order valence-corrected chi connectivity index (χ0v) is 15.1. The second-order valence-corrected chi connectivity index (χ2v) is 6.89. The first kappa shape index (κ1) is 17.7. The van der Waals surface area contributed by atoms with Crippen molar-refractivity contribution in [3.05, 3.63) is 58.7 Å². The lowest BCUT2D eigenvalue weighted by atomic mass is 10.0. The summed E-state index contributed by atoms with van der Waals surface area (Å²) >= 11 is 0. The Balaban J connectivity index is 1.60. The van der Waals surface area contributed by atoms with Crippen LogP contribution in [0.4, 0.5) is 11.4 Å². The van der Waals surface area contributed by atoms with Gasteiger partial charge in [-0.25, -0.2) is 0 Å². The molecule has 0 heterocycles. The van der Waals surface area contributed by atoms with E-state index in [1.165, 1.54) is 0 Å². The number of nitrogens with one attached hydrogen (secondary N) is 2. The highest BCUT2D eigenvalue weighted by Gasteiger charge is 2.48. The van der Waals surface area contributed by atoms with Gasteiger partial charge in [-0.3, -0.25) is 9.59 Å². The summed E-state index contributed by atoms with van der Waals surface area (Å²) < 4.78 is 0. The topological polar surface area (TPSA) is 82.0 Å². The Morgan fingerprint density at radius 3 is 2.04 bits per heavy atom.